The van der Waals surface area contributed by atoms with E-state index < -0.39 is 6.85 Å². The Hall–Kier alpha value is -4.97. The average molecular weight is 809 g/mol. The second kappa shape index (κ2) is 14.0. The molecule has 6 nitrogen and oxygen atoms in total. The van der Waals surface area contributed by atoms with Crippen LogP contribution in [0.3, 0.4) is 0 Å². The average Bonchev–Trinajstić information content (AvgIpc) is 3.70. The first-order valence-electron chi connectivity index (χ1n) is 17.2. The van der Waals surface area contributed by atoms with E-state index in [1.54, 1.807) is 24.5 Å². The second-order valence-corrected chi connectivity index (χ2v) is 12.0. The summed E-state index contributed by atoms with van der Waals surface area (Å²) in [7, 11) is 0. The van der Waals surface area contributed by atoms with Crippen LogP contribution in [0.15, 0.2) is 114 Å². The van der Waals surface area contributed by atoms with E-state index in [0.29, 0.717) is 17.5 Å². The molecule has 0 saturated carbocycles. The smallest absolute Gasteiger partial charge is 0.171 e. The fourth-order valence-electron chi connectivity index (χ4n) is 5.95. The maximum atomic E-state index is 7.23. The summed E-state index contributed by atoms with van der Waals surface area (Å²) in [5.41, 5.74) is 9.47. The number of fused-ring (bicyclic) bond motifs is 4. The third-order valence-electron chi connectivity index (χ3n) is 8.21. The third kappa shape index (κ3) is 6.19. The Kier molecular flexibility index (Phi) is 8.53. The molecule has 0 saturated heterocycles. The van der Waals surface area contributed by atoms with Gasteiger partial charge in [0, 0.05) is 41.5 Å². The van der Waals surface area contributed by atoms with Crippen molar-refractivity contribution in [1.82, 2.24) is 24.5 Å². The first kappa shape index (κ1) is 29.2. The van der Waals surface area contributed by atoms with Crippen LogP contribution >= 0.6 is 0 Å². The van der Waals surface area contributed by atoms with Gasteiger partial charge in [0.2, 0.25) is 0 Å². The molecule has 0 aliphatic carbocycles. The van der Waals surface area contributed by atoms with Crippen LogP contribution in [0.25, 0.3) is 61.4 Å². The van der Waals surface area contributed by atoms with Crippen molar-refractivity contribution in [1.29, 1.82) is 0 Å². The van der Waals surface area contributed by atoms with E-state index in [1.165, 1.54) is 17.3 Å². The molecule has 4 aromatic heterocycles. The standard InChI is InChI=1S/C29H25N4O.C12H10N.Ir/c1-17(2)19-10-7-11-20(18(3)4)26(19)33-24-15-30-16-31-28(24)32-29(33)23-13-8-12-22-21-9-5-6-14-25(21)34-27(22)23;1-10-7-8-12(13-9-10)11-5-3-2-4-6-11;/h5-12,14-18H,1-4H3;2-5,7-9H,1H3;/q2*-1;/i;1D3;. The predicted molar refractivity (Wildman–Crippen MR) is 190 cm³/mol. The first-order chi connectivity index (χ1) is 24.1. The molecule has 0 unspecified atom stereocenters. The van der Waals surface area contributed by atoms with Crippen LogP contribution in [0.1, 0.15) is 60.3 Å². The normalized spacial score (nSPS) is 12.4. The van der Waals surface area contributed by atoms with Crippen molar-refractivity contribution in [2.24, 2.45) is 0 Å². The van der Waals surface area contributed by atoms with Crippen molar-refractivity contribution in [3.8, 4) is 28.3 Å². The number of para-hydroxylation sites is 2. The molecule has 4 aromatic carbocycles. The number of aromatic nitrogens is 5. The van der Waals surface area contributed by atoms with E-state index in [9.17, 15) is 0 Å². The van der Waals surface area contributed by atoms with Crippen LogP contribution in [-0.4, -0.2) is 24.5 Å². The molecule has 0 fully saturated rings. The Labute approximate surface area is 298 Å². The summed E-state index contributed by atoms with van der Waals surface area (Å²) in [6.07, 6.45) is 4.79. The Morgan fingerprint density at radius 1 is 0.771 bits per heavy atom. The zero-order chi connectivity index (χ0) is 35.0. The Morgan fingerprint density at radius 2 is 1.56 bits per heavy atom. The molecule has 0 amide bonds. The van der Waals surface area contributed by atoms with E-state index in [1.807, 2.05) is 48.7 Å². The molecule has 8 rings (SSSR count). The summed E-state index contributed by atoms with van der Waals surface area (Å²) >= 11 is 0. The maximum Gasteiger partial charge on any atom is 0.171 e. The maximum absolute atomic E-state index is 7.23. The summed E-state index contributed by atoms with van der Waals surface area (Å²) in [6, 6.07) is 35.9. The van der Waals surface area contributed by atoms with Crippen LogP contribution in [0, 0.1) is 19.0 Å². The fourth-order valence-corrected chi connectivity index (χ4v) is 5.95. The van der Waals surface area contributed by atoms with Crippen molar-refractivity contribution in [3.63, 3.8) is 0 Å². The number of imidazole rings is 1. The molecular formula is C41H35IrN5O-2. The molecule has 0 bridgehead atoms. The van der Waals surface area contributed by atoms with Gasteiger partial charge in [0.25, 0.3) is 0 Å². The third-order valence-corrected chi connectivity index (χ3v) is 8.21. The molecule has 4 heterocycles. The molecule has 241 valence electrons. The summed E-state index contributed by atoms with van der Waals surface area (Å²) in [4.78, 5) is 18.0. The molecule has 1 radical (unpaired) electrons. The molecule has 0 N–H and O–H groups in total. The minimum atomic E-state index is -2.09. The van der Waals surface area contributed by atoms with Gasteiger partial charge in [-0.25, -0.2) is 9.97 Å². The number of nitrogens with zero attached hydrogens (tertiary/aromatic N) is 5. The number of hydrogen-bond donors (Lipinski definition) is 0. The zero-order valence-electron chi connectivity index (χ0n) is 30.0. The van der Waals surface area contributed by atoms with Gasteiger partial charge in [-0.1, -0.05) is 87.2 Å². The molecule has 0 aliphatic heterocycles. The quantitative estimate of drug-likeness (QED) is 0.162. The van der Waals surface area contributed by atoms with Crippen molar-refractivity contribution < 1.29 is 28.6 Å². The number of aryl methyl sites for hydroxylation is 1. The Balaban J connectivity index is 0.000000222. The summed E-state index contributed by atoms with van der Waals surface area (Å²) in [5.74, 6) is 1.42. The van der Waals surface area contributed by atoms with Gasteiger partial charge in [-0.05, 0) is 47.1 Å². The van der Waals surface area contributed by atoms with Crippen LogP contribution in [0.5, 0.6) is 0 Å². The molecular weight excluding hydrogens is 771 g/mol. The van der Waals surface area contributed by atoms with Crippen molar-refractivity contribution >= 4 is 33.1 Å². The minimum Gasteiger partial charge on any atom is -0.501 e. The van der Waals surface area contributed by atoms with Gasteiger partial charge in [-0.3, -0.25) is 4.98 Å². The van der Waals surface area contributed by atoms with Crippen LogP contribution in [0.2, 0.25) is 0 Å². The van der Waals surface area contributed by atoms with Gasteiger partial charge in [-0.15, -0.1) is 54.1 Å². The summed E-state index contributed by atoms with van der Waals surface area (Å²) in [5, 5.41) is 2.14. The number of benzene rings is 4. The van der Waals surface area contributed by atoms with Crippen LogP contribution < -0.4 is 0 Å². The molecule has 0 aliphatic rings. The van der Waals surface area contributed by atoms with Crippen LogP contribution in [0.4, 0.5) is 0 Å². The summed E-state index contributed by atoms with van der Waals surface area (Å²) < 4.78 is 30.3. The van der Waals surface area contributed by atoms with Crippen molar-refractivity contribution in [2.45, 2.75) is 46.4 Å². The zero-order valence-corrected chi connectivity index (χ0v) is 29.4. The summed E-state index contributed by atoms with van der Waals surface area (Å²) in [6.45, 7) is 6.81. The molecule has 8 aromatic rings. The van der Waals surface area contributed by atoms with Gasteiger partial charge in [0.05, 0.1) is 17.6 Å². The van der Waals surface area contributed by atoms with Gasteiger partial charge in [0.1, 0.15) is 17.4 Å². The predicted octanol–water partition coefficient (Wildman–Crippen LogP) is 10.3. The molecule has 7 heteroatoms. The number of hydrogen-bond acceptors (Lipinski definition) is 5. The van der Waals surface area contributed by atoms with Crippen molar-refractivity contribution in [2.75, 3.05) is 0 Å². The molecule has 0 atom stereocenters. The van der Waals surface area contributed by atoms with Gasteiger partial charge in [-0.2, -0.15) is 0 Å². The molecule has 48 heavy (non-hydrogen) atoms. The minimum absolute atomic E-state index is 0. The number of pyridine rings is 1. The molecule has 0 spiro atoms. The largest absolute Gasteiger partial charge is 0.501 e. The topological polar surface area (TPSA) is 69.6 Å². The van der Waals surface area contributed by atoms with E-state index >= 15 is 0 Å². The van der Waals surface area contributed by atoms with E-state index in [4.69, 9.17) is 13.5 Å². The second-order valence-electron chi connectivity index (χ2n) is 12.0. The van der Waals surface area contributed by atoms with Gasteiger partial charge >= 0.3 is 0 Å². The first-order valence-corrected chi connectivity index (χ1v) is 15.7. The fraction of sp³-hybridized carbons (Fsp3) is 0.171. The van der Waals surface area contributed by atoms with E-state index in [2.05, 4.69) is 89.7 Å². The number of furan rings is 1. The van der Waals surface area contributed by atoms with E-state index in [-0.39, 0.29) is 25.7 Å². The van der Waals surface area contributed by atoms with Crippen LogP contribution in [-0.2, 0) is 20.1 Å². The van der Waals surface area contributed by atoms with Crippen molar-refractivity contribution in [3.05, 3.63) is 139 Å². The van der Waals surface area contributed by atoms with Gasteiger partial charge < -0.3 is 14.0 Å². The Bertz CT molecular complexity index is 2410. The number of rotatable bonds is 5. The Morgan fingerprint density at radius 3 is 2.27 bits per heavy atom. The monoisotopic (exact) mass is 809 g/mol. The van der Waals surface area contributed by atoms with E-state index in [0.717, 1.165) is 55.8 Å². The van der Waals surface area contributed by atoms with Gasteiger partial charge in [0.15, 0.2) is 5.65 Å². The SMILES string of the molecule is CC(C)c1cccc(C(C)C)c1-n1c(-c2[c-]ccc3c2oc2ccccc23)nc2ncncc21.[2H]C([2H])([2H])c1ccc(-c2[c-]cccc2)nc1.[Ir].